The fraction of sp³-hybridized carbons (Fsp3) is 0.273. The maximum absolute atomic E-state index is 5.44. The predicted molar refractivity (Wildman–Crippen MR) is 111 cm³/mol. The first-order valence-corrected chi connectivity index (χ1v) is 9.27. The molecule has 4 rings (SSSR count). The molecular weight excluding hydrogens is 352 g/mol. The molecule has 0 saturated carbocycles. The summed E-state index contributed by atoms with van der Waals surface area (Å²) in [6.45, 7) is 8.78. The van der Waals surface area contributed by atoms with Gasteiger partial charge in [0.05, 0.1) is 0 Å². The van der Waals surface area contributed by atoms with Crippen molar-refractivity contribution in [2.45, 2.75) is 33.1 Å². The summed E-state index contributed by atoms with van der Waals surface area (Å²) >= 11 is 0. The third-order valence-corrected chi connectivity index (χ3v) is 4.48. The van der Waals surface area contributed by atoms with Gasteiger partial charge in [0, 0.05) is 29.2 Å². The number of rotatable bonds is 4. The summed E-state index contributed by atoms with van der Waals surface area (Å²) in [5.74, 6) is 2.75. The number of nitrogens with one attached hydrogen (secondary N) is 2. The van der Waals surface area contributed by atoms with Crippen LogP contribution in [0.5, 0.6) is 11.5 Å². The van der Waals surface area contributed by atoms with Crippen molar-refractivity contribution >= 4 is 23.1 Å². The molecule has 2 heterocycles. The summed E-state index contributed by atoms with van der Waals surface area (Å²) in [6.07, 6.45) is 0. The SMILES string of the molecule is Cc1cc(Nc2ccc3c(c2)OCO3)nc(Nc2ccccc2C(C)(C)C)n1. The van der Waals surface area contributed by atoms with Crippen LogP contribution in [0, 0.1) is 6.92 Å². The van der Waals surface area contributed by atoms with Crippen LogP contribution in [-0.4, -0.2) is 16.8 Å². The molecule has 6 nitrogen and oxygen atoms in total. The van der Waals surface area contributed by atoms with E-state index in [0.717, 1.165) is 28.6 Å². The summed E-state index contributed by atoms with van der Waals surface area (Å²) in [7, 11) is 0. The molecule has 0 atom stereocenters. The number of benzene rings is 2. The average molecular weight is 376 g/mol. The fourth-order valence-electron chi connectivity index (χ4n) is 3.18. The molecule has 6 heteroatoms. The van der Waals surface area contributed by atoms with E-state index in [4.69, 9.17) is 9.47 Å². The number of aryl methyl sites for hydroxylation is 1. The molecule has 0 amide bonds. The zero-order chi connectivity index (χ0) is 19.7. The minimum absolute atomic E-state index is 0.0149. The normalized spacial score (nSPS) is 12.7. The lowest BCUT2D eigenvalue weighted by Crippen LogP contribution is -2.14. The molecule has 3 aromatic rings. The Labute approximate surface area is 164 Å². The van der Waals surface area contributed by atoms with E-state index in [2.05, 4.69) is 59.6 Å². The van der Waals surface area contributed by atoms with Crippen LogP contribution >= 0.6 is 0 Å². The van der Waals surface area contributed by atoms with Gasteiger partial charge in [-0.15, -0.1) is 0 Å². The molecule has 0 spiro atoms. The molecule has 1 aliphatic rings. The molecule has 1 aromatic heterocycles. The van der Waals surface area contributed by atoms with Gasteiger partial charge in [0.25, 0.3) is 0 Å². The highest BCUT2D eigenvalue weighted by atomic mass is 16.7. The molecule has 0 saturated heterocycles. The molecule has 0 radical (unpaired) electrons. The predicted octanol–water partition coefficient (Wildman–Crippen LogP) is 5.30. The van der Waals surface area contributed by atoms with E-state index in [1.54, 1.807) is 0 Å². The van der Waals surface area contributed by atoms with Gasteiger partial charge in [-0.1, -0.05) is 39.0 Å². The number of hydrogen-bond acceptors (Lipinski definition) is 6. The van der Waals surface area contributed by atoms with Crippen molar-refractivity contribution in [2.24, 2.45) is 0 Å². The van der Waals surface area contributed by atoms with E-state index < -0.39 is 0 Å². The molecule has 0 bridgehead atoms. The van der Waals surface area contributed by atoms with Gasteiger partial charge in [0.2, 0.25) is 12.7 Å². The Morgan fingerprint density at radius 3 is 2.50 bits per heavy atom. The molecule has 0 unspecified atom stereocenters. The quantitative estimate of drug-likeness (QED) is 0.644. The maximum atomic E-state index is 5.44. The van der Waals surface area contributed by atoms with Crippen LogP contribution in [0.4, 0.5) is 23.1 Å². The largest absolute Gasteiger partial charge is 0.454 e. The molecular formula is C22H24N4O2. The zero-order valence-electron chi connectivity index (χ0n) is 16.5. The standard InChI is InChI=1S/C22H24N4O2/c1-14-11-20(24-15-9-10-18-19(12-15)28-13-27-18)26-21(23-14)25-17-8-6-5-7-16(17)22(2,3)4/h5-12H,13H2,1-4H3,(H2,23,24,25,26). The lowest BCUT2D eigenvalue weighted by Gasteiger charge is -2.23. The third kappa shape index (κ3) is 3.86. The molecule has 2 N–H and O–H groups in total. The van der Waals surface area contributed by atoms with Crippen molar-refractivity contribution in [3.63, 3.8) is 0 Å². The molecule has 144 valence electrons. The van der Waals surface area contributed by atoms with Gasteiger partial charge in [-0.05, 0) is 36.1 Å². The minimum Gasteiger partial charge on any atom is -0.454 e. The monoisotopic (exact) mass is 376 g/mol. The maximum Gasteiger partial charge on any atom is 0.231 e. The van der Waals surface area contributed by atoms with E-state index in [-0.39, 0.29) is 12.2 Å². The van der Waals surface area contributed by atoms with Gasteiger partial charge in [-0.2, -0.15) is 4.98 Å². The first kappa shape index (κ1) is 18.1. The number of fused-ring (bicyclic) bond motifs is 1. The second kappa shape index (κ2) is 7.03. The number of nitrogens with zero attached hydrogens (tertiary/aromatic N) is 2. The smallest absolute Gasteiger partial charge is 0.231 e. The second-order valence-corrected chi connectivity index (χ2v) is 7.83. The second-order valence-electron chi connectivity index (χ2n) is 7.83. The lowest BCUT2D eigenvalue weighted by molar-refractivity contribution is 0.174. The van der Waals surface area contributed by atoms with Crippen molar-refractivity contribution in [2.75, 3.05) is 17.4 Å². The van der Waals surface area contributed by atoms with Gasteiger partial charge in [0.15, 0.2) is 11.5 Å². The van der Waals surface area contributed by atoms with Crippen molar-refractivity contribution < 1.29 is 9.47 Å². The van der Waals surface area contributed by atoms with Crippen LogP contribution in [0.1, 0.15) is 32.0 Å². The molecule has 2 aromatic carbocycles. The van der Waals surface area contributed by atoms with Crippen LogP contribution in [-0.2, 0) is 5.41 Å². The Morgan fingerprint density at radius 1 is 0.893 bits per heavy atom. The Hall–Kier alpha value is -3.28. The molecule has 28 heavy (non-hydrogen) atoms. The van der Waals surface area contributed by atoms with E-state index in [0.29, 0.717) is 11.8 Å². The summed E-state index contributed by atoms with van der Waals surface area (Å²) in [5.41, 5.74) is 3.98. The zero-order valence-corrected chi connectivity index (χ0v) is 16.5. The number of para-hydroxylation sites is 1. The number of aromatic nitrogens is 2. The summed E-state index contributed by atoms with van der Waals surface area (Å²) in [5, 5.41) is 6.70. The Balaban J connectivity index is 1.60. The van der Waals surface area contributed by atoms with E-state index in [1.807, 2.05) is 37.3 Å². The highest BCUT2D eigenvalue weighted by molar-refractivity contribution is 5.65. The lowest BCUT2D eigenvalue weighted by atomic mass is 9.86. The van der Waals surface area contributed by atoms with Crippen molar-refractivity contribution in [1.82, 2.24) is 9.97 Å². The first-order chi connectivity index (χ1) is 13.4. The average Bonchev–Trinajstić information content (AvgIpc) is 3.08. The Morgan fingerprint density at radius 2 is 1.68 bits per heavy atom. The van der Waals surface area contributed by atoms with Crippen LogP contribution in [0.2, 0.25) is 0 Å². The van der Waals surface area contributed by atoms with Crippen LogP contribution < -0.4 is 20.1 Å². The van der Waals surface area contributed by atoms with E-state index in [1.165, 1.54) is 5.56 Å². The van der Waals surface area contributed by atoms with Crippen LogP contribution in [0.3, 0.4) is 0 Å². The molecule has 0 aliphatic carbocycles. The van der Waals surface area contributed by atoms with Crippen LogP contribution in [0.15, 0.2) is 48.5 Å². The van der Waals surface area contributed by atoms with Gasteiger partial charge in [-0.25, -0.2) is 4.98 Å². The van der Waals surface area contributed by atoms with Gasteiger partial charge in [0.1, 0.15) is 5.82 Å². The minimum atomic E-state index is 0.0149. The van der Waals surface area contributed by atoms with Crippen LogP contribution in [0.25, 0.3) is 0 Å². The van der Waals surface area contributed by atoms with Crippen molar-refractivity contribution in [3.05, 3.63) is 59.8 Å². The topological polar surface area (TPSA) is 68.3 Å². The summed E-state index contributed by atoms with van der Waals surface area (Å²) in [6, 6.07) is 15.9. The van der Waals surface area contributed by atoms with Gasteiger partial charge >= 0.3 is 0 Å². The Kier molecular flexibility index (Phi) is 4.55. The highest BCUT2D eigenvalue weighted by Crippen LogP contribution is 2.35. The molecule has 0 fully saturated rings. The first-order valence-electron chi connectivity index (χ1n) is 9.27. The Bertz CT molecular complexity index is 1010. The summed E-state index contributed by atoms with van der Waals surface area (Å²) < 4.78 is 10.8. The molecule has 1 aliphatic heterocycles. The fourth-order valence-corrected chi connectivity index (χ4v) is 3.18. The van der Waals surface area contributed by atoms with Gasteiger partial charge in [-0.3, -0.25) is 0 Å². The third-order valence-electron chi connectivity index (χ3n) is 4.48. The van der Waals surface area contributed by atoms with Gasteiger partial charge < -0.3 is 20.1 Å². The number of anilines is 4. The van der Waals surface area contributed by atoms with E-state index >= 15 is 0 Å². The number of ether oxygens (including phenoxy) is 2. The van der Waals surface area contributed by atoms with Crippen molar-refractivity contribution in [3.8, 4) is 11.5 Å². The summed E-state index contributed by atoms with van der Waals surface area (Å²) in [4.78, 5) is 9.18. The van der Waals surface area contributed by atoms with E-state index in [9.17, 15) is 0 Å². The van der Waals surface area contributed by atoms with Crippen molar-refractivity contribution in [1.29, 1.82) is 0 Å². The highest BCUT2D eigenvalue weighted by Gasteiger charge is 2.18. The number of hydrogen-bond donors (Lipinski definition) is 2.